The van der Waals surface area contributed by atoms with Gasteiger partial charge in [0.05, 0.1) is 29.4 Å². The Kier molecular flexibility index (Phi) is 3.12. The second kappa shape index (κ2) is 4.58. The van der Waals surface area contributed by atoms with Gasteiger partial charge in [0.25, 0.3) is 0 Å². The molecule has 2 aliphatic rings. The van der Waals surface area contributed by atoms with Gasteiger partial charge in [-0.3, -0.25) is 0 Å². The lowest BCUT2D eigenvalue weighted by Gasteiger charge is -1.94. The van der Waals surface area contributed by atoms with Gasteiger partial charge >= 0.3 is 17.9 Å². The van der Waals surface area contributed by atoms with Crippen LogP contribution in [0, 0.1) is 0 Å². The fourth-order valence-corrected chi connectivity index (χ4v) is 1.31. The van der Waals surface area contributed by atoms with E-state index in [2.05, 4.69) is 11.7 Å². The fraction of sp³-hybridized carbons (Fsp3) is 0.250. The second-order valence-corrected chi connectivity index (χ2v) is 3.89. The number of carboxylic acid groups (broad SMARTS) is 1. The number of hydrogen-bond acceptors (Lipinski definition) is 5. The van der Waals surface area contributed by atoms with E-state index < -0.39 is 17.9 Å². The average Bonchev–Trinajstić information content (AvgIpc) is 3.05. The number of rotatable bonds is 1. The summed E-state index contributed by atoms with van der Waals surface area (Å²) >= 11 is 0. The van der Waals surface area contributed by atoms with Crippen molar-refractivity contribution in [3.63, 3.8) is 0 Å². The van der Waals surface area contributed by atoms with Gasteiger partial charge in [-0.25, -0.2) is 14.4 Å². The first-order valence-corrected chi connectivity index (χ1v) is 5.24. The molecule has 0 aromatic heterocycles. The Morgan fingerprint density at radius 2 is 1.83 bits per heavy atom. The molecule has 0 aliphatic carbocycles. The summed E-state index contributed by atoms with van der Waals surface area (Å²) in [6, 6.07) is 3.65. The van der Waals surface area contributed by atoms with Gasteiger partial charge in [-0.1, -0.05) is 0 Å². The highest BCUT2D eigenvalue weighted by atomic mass is 16.6. The molecule has 0 amide bonds. The minimum Gasteiger partial charge on any atom is -0.478 e. The van der Waals surface area contributed by atoms with Crippen molar-refractivity contribution in [2.24, 2.45) is 0 Å². The van der Waals surface area contributed by atoms with Crippen LogP contribution in [-0.4, -0.2) is 35.7 Å². The molecule has 0 spiro atoms. The Morgan fingerprint density at radius 1 is 1.28 bits per heavy atom. The van der Waals surface area contributed by atoms with Crippen LogP contribution in [-0.2, 0) is 9.47 Å². The number of cyclic esters (lactones) is 2. The van der Waals surface area contributed by atoms with Gasteiger partial charge in [-0.05, 0) is 25.1 Å². The number of esters is 2. The van der Waals surface area contributed by atoms with Crippen molar-refractivity contribution < 1.29 is 29.0 Å². The minimum atomic E-state index is -1.15. The van der Waals surface area contributed by atoms with E-state index in [4.69, 9.17) is 9.84 Å². The Bertz CT molecular complexity index is 529. The van der Waals surface area contributed by atoms with Gasteiger partial charge in [-0.15, -0.1) is 0 Å². The molecule has 1 N–H and O–H groups in total. The minimum absolute atomic E-state index is 0.00917. The zero-order chi connectivity index (χ0) is 13.3. The van der Waals surface area contributed by atoms with Crippen molar-refractivity contribution in [1.29, 1.82) is 0 Å². The van der Waals surface area contributed by atoms with Crippen molar-refractivity contribution in [1.82, 2.24) is 0 Å². The van der Waals surface area contributed by atoms with Gasteiger partial charge in [-0.2, -0.15) is 0 Å². The predicted octanol–water partition coefficient (Wildman–Crippen LogP) is 1.10. The number of benzene rings is 1. The predicted molar refractivity (Wildman–Crippen MR) is 58.6 cm³/mol. The van der Waals surface area contributed by atoms with E-state index in [1.807, 2.05) is 0 Å². The molecular weight excluding hydrogens is 240 g/mol. The van der Waals surface area contributed by atoms with Crippen LogP contribution in [0.3, 0.4) is 0 Å². The molecule has 6 nitrogen and oxygen atoms in total. The number of carbonyl (C=O) groups is 3. The molecule has 94 valence electrons. The topological polar surface area (TPSA) is 93.2 Å². The Labute approximate surface area is 102 Å². The van der Waals surface area contributed by atoms with Crippen LogP contribution < -0.4 is 0 Å². The van der Waals surface area contributed by atoms with Crippen molar-refractivity contribution in [3.8, 4) is 0 Å². The first-order chi connectivity index (χ1) is 8.49. The number of carbonyl (C=O) groups excluding carboxylic acids is 2. The molecule has 0 bridgehead atoms. The molecule has 1 saturated heterocycles. The highest BCUT2D eigenvalue weighted by molar-refractivity contribution is 6.15. The van der Waals surface area contributed by atoms with Crippen LogP contribution in [0.2, 0.25) is 0 Å². The van der Waals surface area contributed by atoms with Crippen molar-refractivity contribution >= 4 is 17.9 Å². The summed E-state index contributed by atoms with van der Waals surface area (Å²) in [4.78, 5) is 32.5. The van der Waals surface area contributed by atoms with Gasteiger partial charge in [0.2, 0.25) is 0 Å². The first-order valence-electron chi connectivity index (χ1n) is 5.24. The lowest BCUT2D eigenvalue weighted by atomic mass is 10.1. The highest BCUT2D eigenvalue weighted by Crippen LogP contribution is 2.20. The lowest BCUT2D eigenvalue weighted by Crippen LogP contribution is -2.00. The number of fused-ring (bicyclic) bond motifs is 1. The van der Waals surface area contributed by atoms with E-state index in [1.54, 1.807) is 0 Å². The van der Waals surface area contributed by atoms with Crippen LogP contribution in [0.4, 0.5) is 0 Å². The molecule has 3 rings (SSSR count). The van der Waals surface area contributed by atoms with Crippen molar-refractivity contribution in [2.45, 2.75) is 13.0 Å². The Morgan fingerprint density at radius 3 is 2.33 bits per heavy atom. The van der Waals surface area contributed by atoms with Crippen molar-refractivity contribution in [3.05, 3.63) is 34.9 Å². The standard InChI is InChI=1S/C9H4O5.C3H6O/c10-7(11)4-1-2-5-6(3-4)9(13)14-8(5)12;1-3-2-4-3/h1-3H,(H,10,11);3H,2H2,1H3. The van der Waals surface area contributed by atoms with Gasteiger partial charge in [0.15, 0.2) is 0 Å². The first kappa shape index (κ1) is 12.3. The molecule has 1 fully saturated rings. The third-order valence-corrected chi connectivity index (χ3v) is 2.39. The summed E-state index contributed by atoms with van der Waals surface area (Å²) in [5.41, 5.74) is 0.0744. The SMILES string of the molecule is CC1CO1.O=C(O)c1ccc2c(c1)C(=O)OC2=O. The molecule has 1 aromatic rings. The van der Waals surface area contributed by atoms with Crippen LogP contribution >= 0.6 is 0 Å². The number of carboxylic acids is 1. The Balaban J connectivity index is 0.000000256. The van der Waals surface area contributed by atoms with E-state index >= 15 is 0 Å². The quantitative estimate of drug-likeness (QED) is 0.455. The summed E-state index contributed by atoms with van der Waals surface area (Å²) in [7, 11) is 0. The molecular formula is C12H10O6. The summed E-state index contributed by atoms with van der Waals surface area (Å²) < 4.78 is 9.00. The van der Waals surface area contributed by atoms with E-state index in [0.717, 1.165) is 12.7 Å². The summed E-state index contributed by atoms with van der Waals surface area (Å²) in [5.74, 6) is -2.69. The van der Waals surface area contributed by atoms with Crippen LogP contribution in [0.1, 0.15) is 38.0 Å². The number of ether oxygens (including phenoxy) is 2. The van der Waals surface area contributed by atoms with Gasteiger partial charge in [0, 0.05) is 0 Å². The van der Waals surface area contributed by atoms with Gasteiger partial charge < -0.3 is 14.6 Å². The fourth-order valence-electron chi connectivity index (χ4n) is 1.31. The Hall–Kier alpha value is -2.21. The number of epoxide rings is 1. The van der Waals surface area contributed by atoms with E-state index in [-0.39, 0.29) is 16.7 Å². The van der Waals surface area contributed by atoms with Crippen LogP contribution in [0.5, 0.6) is 0 Å². The summed E-state index contributed by atoms with van der Waals surface area (Å²) in [6.45, 7) is 3.04. The zero-order valence-corrected chi connectivity index (χ0v) is 9.50. The summed E-state index contributed by atoms with van der Waals surface area (Å²) in [6.07, 6.45) is 0.583. The maximum absolute atomic E-state index is 11.0. The second-order valence-electron chi connectivity index (χ2n) is 3.89. The third-order valence-electron chi connectivity index (χ3n) is 2.39. The lowest BCUT2D eigenvalue weighted by molar-refractivity contribution is 0.0443. The average molecular weight is 250 g/mol. The zero-order valence-electron chi connectivity index (χ0n) is 9.50. The molecule has 18 heavy (non-hydrogen) atoms. The smallest absolute Gasteiger partial charge is 0.346 e. The molecule has 2 aliphatic heterocycles. The van der Waals surface area contributed by atoms with Crippen LogP contribution in [0.25, 0.3) is 0 Å². The molecule has 1 aromatic carbocycles. The molecule has 6 heteroatoms. The third kappa shape index (κ3) is 2.54. The van der Waals surface area contributed by atoms with Crippen LogP contribution in [0.15, 0.2) is 18.2 Å². The van der Waals surface area contributed by atoms with E-state index in [1.165, 1.54) is 12.1 Å². The van der Waals surface area contributed by atoms with Gasteiger partial charge in [0.1, 0.15) is 0 Å². The number of aromatic carboxylic acids is 1. The maximum atomic E-state index is 11.0. The summed E-state index contributed by atoms with van der Waals surface area (Å²) in [5, 5.41) is 8.63. The molecule has 1 atom stereocenters. The van der Waals surface area contributed by atoms with E-state index in [9.17, 15) is 14.4 Å². The molecule has 0 saturated carbocycles. The van der Waals surface area contributed by atoms with Crippen molar-refractivity contribution in [2.75, 3.05) is 6.61 Å². The number of hydrogen-bond donors (Lipinski definition) is 1. The molecule has 0 radical (unpaired) electrons. The normalized spacial score (nSPS) is 19.5. The maximum Gasteiger partial charge on any atom is 0.346 e. The highest BCUT2D eigenvalue weighted by Gasteiger charge is 2.30. The van der Waals surface area contributed by atoms with E-state index in [0.29, 0.717) is 6.10 Å². The molecule has 2 heterocycles. The molecule has 1 unspecified atom stereocenters. The largest absolute Gasteiger partial charge is 0.478 e. The monoisotopic (exact) mass is 250 g/mol.